The molecule has 1 atom stereocenters. The van der Waals surface area contributed by atoms with Gasteiger partial charge in [-0.3, -0.25) is 9.59 Å². The molecule has 0 aliphatic carbocycles. The summed E-state index contributed by atoms with van der Waals surface area (Å²) in [5.74, 6) is 0. The van der Waals surface area contributed by atoms with Crippen molar-refractivity contribution in [1.29, 1.82) is 0 Å². The van der Waals surface area contributed by atoms with Gasteiger partial charge in [-0.15, -0.1) is 0 Å². The fourth-order valence-corrected chi connectivity index (χ4v) is 2.93. The average molecular weight is 369 g/mol. The molecule has 0 spiro atoms. The lowest BCUT2D eigenvalue weighted by Crippen LogP contribution is -2.42. The fourth-order valence-electron chi connectivity index (χ4n) is 2.26. The van der Waals surface area contributed by atoms with Crippen LogP contribution in [0.25, 0.3) is 0 Å². The molecule has 2 aromatic rings. The molecule has 0 heterocycles. The van der Waals surface area contributed by atoms with Crippen LogP contribution in [0.1, 0.15) is 38.8 Å². The first-order valence-corrected chi connectivity index (χ1v) is 8.56. The predicted octanol–water partition coefficient (Wildman–Crippen LogP) is 4.36. The van der Waals surface area contributed by atoms with Crippen molar-refractivity contribution >= 4 is 34.6 Å². The molecule has 4 nitrogen and oxygen atoms in total. The van der Waals surface area contributed by atoms with E-state index in [-0.39, 0.29) is 11.5 Å². The maximum Gasteiger partial charge on any atom is 0.253 e. The molecule has 0 radical (unpaired) electrons. The molecule has 0 aromatic heterocycles. The zero-order valence-electron chi connectivity index (χ0n) is 14.5. The summed E-state index contributed by atoms with van der Waals surface area (Å²) in [5.41, 5.74) is 1.44. The van der Waals surface area contributed by atoms with Crippen molar-refractivity contribution in [3.63, 3.8) is 0 Å². The third-order valence-corrected chi connectivity index (χ3v) is 4.95. The summed E-state index contributed by atoms with van der Waals surface area (Å²) >= 11 is 12.2. The van der Waals surface area contributed by atoms with E-state index in [1.807, 2.05) is 19.9 Å². The summed E-state index contributed by atoms with van der Waals surface area (Å²) in [7, 11) is 0. The summed E-state index contributed by atoms with van der Waals surface area (Å²) in [6, 6.07) is 3.52. The highest BCUT2D eigenvalue weighted by Crippen LogP contribution is 2.28. The standard InChI is InChI=1S/C18H22Cl2N2O2/c1-9-6-11(19)7-13(20)12(9)8-21-14-15(17(24)16(14)23)22-10(2)18(3,4)5/h6-7,10,21-22H,8H2,1-5H3/t10-/m1/s1. The van der Waals surface area contributed by atoms with Gasteiger partial charge in [-0.1, -0.05) is 44.0 Å². The number of nitrogens with one attached hydrogen (secondary N) is 2. The Kier molecular flexibility index (Phi) is 5.31. The van der Waals surface area contributed by atoms with Gasteiger partial charge >= 0.3 is 0 Å². The lowest BCUT2D eigenvalue weighted by Gasteiger charge is -2.30. The summed E-state index contributed by atoms with van der Waals surface area (Å²) in [6.45, 7) is 10.4. The van der Waals surface area contributed by atoms with Gasteiger partial charge in [-0.05, 0) is 42.5 Å². The van der Waals surface area contributed by atoms with Gasteiger partial charge in [0, 0.05) is 22.6 Å². The fraction of sp³-hybridized carbons (Fsp3) is 0.444. The van der Waals surface area contributed by atoms with Crippen molar-refractivity contribution in [2.24, 2.45) is 5.41 Å². The Bertz CT molecular complexity index is 808. The first-order valence-electron chi connectivity index (χ1n) is 7.80. The molecule has 0 aliphatic heterocycles. The van der Waals surface area contributed by atoms with Crippen LogP contribution in [0.5, 0.6) is 0 Å². The highest BCUT2D eigenvalue weighted by molar-refractivity contribution is 6.35. The summed E-state index contributed by atoms with van der Waals surface area (Å²) in [5, 5.41) is 7.29. The minimum atomic E-state index is -0.499. The Labute approximate surface area is 151 Å². The number of hydrogen-bond donors (Lipinski definition) is 2. The van der Waals surface area contributed by atoms with E-state index in [0.717, 1.165) is 11.1 Å². The van der Waals surface area contributed by atoms with E-state index in [4.69, 9.17) is 23.2 Å². The zero-order valence-corrected chi connectivity index (χ0v) is 16.0. The van der Waals surface area contributed by atoms with E-state index >= 15 is 0 Å². The molecule has 6 heteroatoms. The molecule has 0 aliphatic rings. The van der Waals surface area contributed by atoms with E-state index in [0.29, 0.717) is 28.0 Å². The molecule has 24 heavy (non-hydrogen) atoms. The smallest absolute Gasteiger partial charge is 0.253 e. The Morgan fingerprint density at radius 1 is 1.08 bits per heavy atom. The van der Waals surface area contributed by atoms with Crippen molar-refractivity contribution in [2.45, 2.75) is 47.2 Å². The zero-order chi connectivity index (χ0) is 18.2. The molecule has 2 rings (SSSR count). The van der Waals surface area contributed by atoms with Crippen LogP contribution >= 0.6 is 23.2 Å². The molecule has 2 N–H and O–H groups in total. The van der Waals surface area contributed by atoms with Crippen LogP contribution in [-0.4, -0.2) is 6.04 Å². The van der Waals surface area contributed by atoms with E-state index in [2.05, 4.69) is 31.4 Å². The predicted molar refractivity (Wildman–Crippen MR) is 102 cm³/mol. The first-order chi connectivity index (χ1) is 11.0. The van der Waals surface area contributed by atoms with Gasteiger partial charge in [0.1, 0.15) is 11.4 Å². The molecule has 0 unspecified atom stereocenters. The van der Waals surface area contributed by atoms with E-state index in [1.165, 1.54) is 0 Å². The molecular weight excluding hydrogens is 347 g/mol. The minimum absolute atomic E-state index is 0.0346. The van der Waals surface area contributed by atoms with Gasteiger partial charge in [-0.25, -0.2) is 0 Å². The number of anilines is 2. The Morgan fingerprint density at radius 2 is 1.67 bits per heavy atom. The second-order valence-electron chi connectivity index (χ2n) is 7.18. The Morgan fingerprint density at radius 3 is 2.21 bits per heavy atom. The van der Waals surface area contributed by atoms with Crippen LogP contribution in [-0.2, 0) is 6.54 Å². The molecule has 0 fully saturated rings. The topological polar surface area (TPSA) is 58.2 Å². The first kappa shape index (κ1) is 18.8. The number of rotatable bonds is 5. The number of halogens is 2. The maximum atomic E-state index is 11.9. The van der Waals surface area contributed by atoms with Gasteiger partial charge in [0.05, 0.1) is 0 Å². The number of hydrogen-bond acceptors (Lipinski definition) is 4. The molecule has 0 saturated heterocycles. The highest BCUT2D eigenvalue weighted by Gasteiger charge is 2.26. The van der Waals surface area contributed by atoms with Crippen molar-refractivity contribution in [1.82, 2.24) is 0 Å². The second-order valence-corrected chi connectivity index (χ2v) is 8.02. The normalized spacial score (nSPS) is 13.1. The van der Waals surface area contributed by atoms with Crippen LogP contribution in [0.2, 0.25) is 10.0 Å². The van der Waals surface area contributed by atoms with Gasteiger partial charge < -0.3 is 10.6 Å². The summed E-state index contributed by atoms with van der Waals surface area (Å²) in [4.78, 5) is 23.8. The van der Waals surface area contributed by atoms with Crippen molar-refractivity contribution in [2.75, 3.05) is 10.6 Å². The van der Waals surface area contributed by atoms with Crippen LogP contribution in [0.3, 0.4) is 0 Å². The van der Waals surface area contributed by atoms with Crippen LogP contribution in [0, 0.1) is 12.3 Å². The molecule has 0 bridgehead atoms. The van der Waals surface area contributed by atoms with Crippen molar-refractivity contribution < 1.29 is 0 Å². The van der Waals surface area contributed by atoms with E-state index in [1.54, 1.807) is 6.07 Å². The summed E-state index contributed by atoms with van der Waals surface area (Å²) in [6.07, 6.45) is 0. The minimum Gasteiger partial charge on any atom is -0.377 e. The molecule has 0 amide bonds. The van der Waals surface area contributed by atoms with Gasteiger partial charge in [0.25, 0.3) is 10.9 Å². The molecule has 130 valence electrons. The quantitative estimate of drug-likeness (QED) is 0.769. The third-order valence-electron chi connectivity index (χ3n) is 4.40. The molecule has 0 saturated carbocycles. The largest absolute Gasteiger partial charge is 0.377 e. The molecular formula is C18H22Cl2N2O2. The Balaban J connectivity index is 2.19. The molecule has 2 aromatic carbocycles. The van der Waals surface area contributed by atoms with Gasteiger partial charge in [-0.2, -0.15) is 0 Å². The van der Waals surface area contributed by atoms with Crippen molar-refractivity contribution in [3.05, 3.63) is 53.8 Å². The highest BCUT2D eigenvalue weighted by atomic mass is 35.5. The maximum absolute atomic E-state index is 11.9. The third kappa shape index (κ3) is 3.76. The van der Waals surface area contributed by atoms with Crippen LogP contribution < -0.4 is 21.5 Å². The van der Waals surface area contributed by atoms with Gasteiger partial charge in [0.15, 0.2) is 0 Å². The lowest BCUT2D eigenvalue weighted by molar-refractivity contribution is 0.359. The van der Waals surface area contributed by atoms with Gasteiger partial charge in [0.2, 0.25) is 0 Å². The summed E-state index contributed by atoms with van der Waals surface area (Å²) < 4.78 is 0. The van der Waals surface area contributed by atoms with E-state index < -0.39 is 10.9 Å². The van der Waals surface area contributed by atoms with Crippen LogP contribution in [0.4, 0.5) is 11.4 Å². The Hall–Kier alpha value is -1.52. The van der Waals surface area contributed by atoms with E-state index in [9.17, 15) is 9.59 Å². The number of benzene rings is 1. The lowest BCUT2D eigenvalue weighted by atomic mass is 9.87. The average Bonchev–Trinajstić information content (AvgIpc) is 2.46. The SMILES string of the molecule is Cc1cc(Cl)cc(Cl)c1CNc1c(N[C@H](C)C(C)(C)C)c(=O)c1=O. The van der Waals surface area contributed by atoms with Crippen LogP contribution in [0.15, 0.2) is 21.7 Å². The monoisotopic (exact) mass is 368 g/mol. The second kappa shape index (κ2) is 6.77. The number of aryl methyl sites for hydroxylation is 1. The van der Waals surface area contributed by atoms with Crippen molar-refractivity contribution in [3.8, 4) is 0 Å².